The number of benzene rings is 1. The molecule has 0 saturated heterocycles. The van der Waals surface area contributed by atoms with E-state index >= 15 is 0 Å². The zero-order valence-corrected chi connectivity index (χ0v) is 13.3. The van der Waals surface area contributed by atoms with Crippen LogP contribution in [0.3, 0.4) is 0 Å². The minimum atomic E-state index is 0.442. The molecule has 1 aliphatic rings. The largest absolute Gasteiger partial charge is 0.316 e. The number of rotatable bonds is 5. The molecule has 1 fully saturated rings. The second-order valence-electron chi connectivity index (χ2n) is 5.70. The minimum absolute atomic E-state index is 0.442. The van der Waals surface area contributed by atoms with Crippen LogP contribution in [0.15, 0.2) is 18.2 Å². The third-order valence-electron chi connectivity index (χ3n) is 4.83. The van der Waals surface area contributed by atoms with Gasteiger partial charge in [0.05, 0.1) is 0 Å². The summed E-state index contributed by atoms with van der Waals surface area (Å²) in [5, 5.41) is 5.03. The average molecular weight is 300 g/mol. The molecular weight excluding hydrogens is 277 g/mol. The number of hydrogen-bond acceptors (Lipinski definition) is 1. The number of likely N-dealkylation sites (N-methyl/N-ethyl adjacent to an activating group) is 1. The Labute approximate surface area is 126 Å². The predicted octanol–water partition coefficient (Wildman–Crippen LogP) is 5.09. The van der Waals surface area contributed by atoms with Crippen molar-refractivity contribution in [1.82, 2.24) is 5.32 Å². The first-order valence-corrected chi connectivity index (χ1v) is 7.98. The smallest absolute Gasteiger partial charge is 0.0453 e. The zero-order chi connectivity index (χ0) is 13.9. The van der Waals surface area contributed by atoms with E-state index in [2.05, 4.69) is 25.4 Å². The van der Waals surface area contributed by atoms with Gasteiger partial charge < -0.3 is 5.32 Å². The van der Waals surface area contributed by atoms with Crippen LogP contribution in [0.25, 0.3) is 0 Å². The van der Waals surface area contributed by atoms with Gasteiger partial charge in [-0.1, -0.05) is 49.0 Å². The first-order chi connectivity index (χ1) is 9.11. The lowest BCUT2D eigenvalue weighted by molar-refractivity contribution is 0.192. The van der Waals surface area contributed by atoms with E-state index in [0.29, 0.717) is 16.5 Å². The van der Waals surface area contributed by atoms with Gasteiger partial charge in [-0.3, -0.25) is 0 Å². The van der Waals surface area contributed by atoms with E-state index in [1.807, 2.05) is 12.1 Å². The van der Waals surface area contributed by atoms with Crippen LogP contribution >= 0.6 is 23.2 Å². The molecule has 0 radical (unpaired) electrons. The Hall–Kier alpha value is -0.240. The fourth-order valence-electron chi connectivity index (χ4n) is 3.56. The lowest BCUT2D eigenvalue weighted by Crippen LogP contribution is -2.43. The van der Waals surface area contributed by atoms with E-state index in [-0.39, 0.29) is 0 Å². The molecule has 0 aliphatic heterocycles. The van der Waals surface area contributed by atoms with Gasteiger partial charge in [0, 0.05) is 16.1 Å². The maximum absolute atomic E-state index is 6.31. The summed E-state index contributed by atoms with van der Waals surface area (Å²) in [5.74, 6) is 0. The molecule has 1 nitrogen and oxygen atoms in total. The third-order valence-corrected chi connectivity index (χ3v) is 5.42. The Bertz CT molecular complexity index is 425. The van der Waals surface area contributed by atoms with Gasteiger partial charge in [-0.15, -0.1) is 0 Å². The summed E-state index contributed by atoms with van der Waals surface area (Å²) in [4.78, 5) is 0. The van der Waals surface area contributed by atoms with Crippen LogP contribution in [0, 0.1) is 5.41 Å². The Morgan fingerprint density at radius 1 is 1.26 bits per heavy atom. The van der Waals surface area contributed by atoms with Crippen molar-refractivity contribution in [2.45, 2.75) is 51.5 Å². The molecule has 3 heteroatoms. The molecule has 0 amide bonds. The monoisotopic (exact) mass is 299 g/mol. The van der Waals surface area contributed by atoms with E-state index in [0.717, 1.165) is 11.4 Å². The Morgan fingerprint density at radius 3 is 2.47 bits per heavy atom. The van der Waals surface area contributed by atoms with Crippen molar-refractivity contribution in [3.05, 3.63) is 33.8 Å². The molecule has 0 aromatic heterocycles. The Kier molecular flexibility index (Phi) is 5.16. The van der Waals surface area contributed by atoms with Gasteiger partial charge in [-0.25, -0.2) is 0 Å². The molecule has 0 spiro atoms. The molecule has 19 heavy (non-hydrogen) atoms. The Balaban J connectivity index is 2.18. The van der Waals surface area contributed by atoms with Crippen LogP contribution in [0.5, 0.6) is 0 Å². The molecule has 1 saturated carbocycles. The minimum Gasteiger partial charge on any atom is -0.316 e. The first-order valence-electron chi connectivity index (χ1n) is 7.22. The maximum Gasteiger partial charge on any atom is 0.0453 e. The fourth-order valence-corrected chi connectivity index (χ4v) is 4.05. The molecule has 1 N–H and O–H groups in total. The lowest BCUT2D eigenvalue weighted by atomic mass is 9.74. The van der Waals surface area contributed by atoms with Crippen LogP contribution in [0.1, 0.15) is 44.6 Å². The molecule has 1 atom stereocenters. The topological polar surface area (TPSA) is 12.0 Å². The first kappa shape index (κ1) is 15.2. The SMILES string of the molecule is CCC1(C(Cc2ccc(Cl)cc2Cl)NC)CCCC1. The molecule has 1 aromatic carbocycles. The summed E-state index contributed by atoms with van der Waals surface area (Å²) < 4.78 is 0. The van der Waals surface area contributed by atoms with E-state index < -0.39 is 0 Å². The molecule has 106 valence electrons. The average Bonchev–Trinajstić information content (AvgIpc) is 2.88. The van der Waals surface area contributed by atoms with E-state index in [9.17, 15) is 0 Å². The maximum atomic E-state index is 6.31. The summed E-state index contributed by atoms with van der Waals surface area (Å²) in [6.07, 6.45) is 7.62. The fraction of sp³-hybridized carbons (Fsp3) is 0.625. The van der Waals surface area contributed by atoms with Crippen LogP contribution in [0.2, 0.25) is 10.0 Å². The molecule has 0 bridgehead atoms. The van der Waals surface area contributed by atoms with Crippen molar-refractivity contribution in [3.8, 4) is 0 Å². The Morgan fingerprint density at radius 2 is 1.95 bits per heavy atom. The summed E-state index contributed by atoms with van der Waals surface area (Å²) >= 11 is 12.3. The van der Waals surface area contributed by atoms with Gasteiger partial charge in [-0.05, 0) is 55.8 Å². The van der Waals surface area contributed by atoms with Crippen molar-refractivity contribution < 1.29 is 0 Å². The highest BCUT2D eigenvalue weighted by atomic mass is 35.5. The van der Waals surface area contributed by atoms with Crippen LogP contribution in [-0.4, -0.2) is 13.1 Å². The molecule has 1 aliphatic carbocycles. The number of halogens is 2. The normalized spacial score (nSPS) is 19.6. The van der Waals surface area contributed by atoms with Gasteiger partial charge in [0.1, 0.15) is 0 Å². The van der Waals surface area contributed by atoms with Crippen LogP contribution < -0.4 is 5.32 Å². The van der Waals surface area contributed by atoms with Gasteiger partial charge in [0.2, 0.25) is 0 Å². The summed E-state index contributed by atoms with van der Waals surface area (Å²) in [7, 11) is 2.07. The summed E-state index contributed by atoms with van der Waals surface area (Å²) in [5.41, 5.74) is 1.64. The van der Waals surface area contributed by atoms with Crippen molar-refractivity contribution in [3.63, 3.8) is 0 Å². The van der Waals surface area contributed by atoms with Gasteiger partial charge in [0.25, 0.3) is 0 Å². The second kappa shape index (κ2) is 6.47. The van der Waals surface area contributed by atoms with Gasteiger partial charge in [-0.2, -0.15) is 0 Å². The highest BCUT2D eigenvalue weighted by molar-refractivity contribution is 6.35. The summed E-state index contributed by atoms with van der Waals surface area (Å²) in [6, 6.07) is 6.34. The van der Waals surface area contributed by atoms with Gasteiger partial charge >= 0.3 is 0 Å². The molecule has 2 rings (SSSR count). The molecule has 0 heterocycles. The number of hydrogen-bond donors (Lipinski definition) is 1. The van der Waals surface area contributed by atoms with Crippen molar-refractivity contribution in [1.29, 1.82) is 0 Å². The predicted molar refractivity (Wildman–Crippen MR) is 84.2 cm³/mol. The van der Waals surface area contributed by atoms with E-state index in [1.54, 1.807) is 0 Å². The molecule has 1 aromatic rings. The highest BCUT2D eigenvalue weighted by Crippen LogP contribution is 2.45. The standard InChI is InChI=1S/C16H23Cl2N/c1-3-16(8-4-5-9-16)15(19-2)10-12-6-7-13(17)11-14(12)18/h6-7,11,15,19H,3-5,8-10H2,1-2H3. The van der Waals surface area contributed by atoms with Crippen molar-refractivity contribution in [2.24, 2.45) is 5.41 Å². The molecule has 1 unspecified atom stereocenters. The third kappa shape index (κ3) is 3.26. The van der Waals surface area contributed by atoms with Crippen LogP contribution in [0.4, 0.5) is 0 Å². The van der Waals surface area contributed by atoms with Crippen LogP contribution in [-0.2, 0) is 6.42 Å². The number of nitrogens with one attached hydrogen (secondary N) is 1. The lowest BCUT2D eigenvalue weighted by Gasteiger charge is -2.37. The second-order valence-corrected chi connectivity index (χ2v) is 6.55. The van der Waals surface area contributed by atoms with Crippen molar-refractivity contribution >= 4 is 23.2 Å². The highest BCUT2D eigenvalue weighted by Gasteiger charge is 2.39. The van der Waals surface area contributed by atoms with E-state index in [4.69, 9.17) is 23.2 Å². The summed E-state index contributed by atoms with van der Waals surface area (Å²) in [6.45, 7) is 2.32. The van der Waals surface area contributed by atoms with Crippen molar-refractivity contribution in [2.75, 3.05) is 7.05 Å². The molecular formula is C16H23Cl2N. The van der Waals surface area contributed by atoms with Gasteiger partial charge in [0.15, 0.2) is 0 Å². The van der Waals surface area contributed by atoms with E-state index in [1.165, 1.54) is 37.7 Å². The quantitative estimate of drug-likeness (QED) is 0.798. The zero-order valence-electron chi connectivity index (χ0n) is 11.8.